The Morgan fingerprint density at radius 3 is 2.27 bits per heavy atom. The van der Waals surface area contributed by atoms with E-state index in [0.29, 0.717) is 0 Å². The van der Waals surface area contributed by atoms with Crippen LogP contribution in [0.2, 0.25) is 0 Å². The van der Waals surface area contributed by atoms with Gasteiger partial charge in [0, 0.05) is 26.3 Å². The minimum absolute atomic E-state index is 0.0817. The highest BCUT2D eigenvalue weighted by Gasteiger charge is 2.49. The third-order valence-corrected chi connectivity index (χ3v) is 7.64. The summed E-state index contributed by atoms with van der Waals surface area (Å²) in [5.41, 5.74) is 2.75. The number of ether oxygens (including phenoxy) is 2. The molecule has 2 aliphatic rings. The highest BCUT2D eigenvalue weighted by molar-refractivity contribution is 5.93. The molecule has 4 rings (SSSR count). The van der Waals surface area contributed by atoms with Crippen LogP contribution >= 0.6 is 0 Å². The van der Waals surface area contributed by atoms with E-state index in [-0.39, 0.29) is 38.1 Å². The predicted octanol–water partition coefficient (Wildman–Crippen LogP) is 2.53. The number of hydrogen-bond acceptors (Lipinski definition) is 8. The molecule has 2 amide bonds. The van der Waals surface area contributed by atoms with Crippen LogP contribution in [0.5, 0.6) is 0 Å². The molecule has 10 heteroatoms. The molecule has 0 aliphatic carbocycles. The molecule has 220 valence electrons. The molecule has 0 radical (unpaired) electrons. The molecule has 2 fully saturated rings. The van der Waals surface area contributed by atoms with E-state index in [9.17, 15) is 19.2 Å². The molecule has 2 saturated heterocycles. The summed E-state index contributed by atoms with van der Waals surface area (Å²) in [6.07, 6.45) is 1.41. The average molecular weight is 565 g/mol. The van der Waals surface area contributed by atoms with Crippen molar-refractivity contribution in [2.45, 2.75) is 51.4 Å². The Morgan fingerprint density at radius 2 is 1.63 bits per heavy atom. The van der Waals surface area contributed by atoms with Crippen LogP contribution in [-0.2, 0) is 35.1 Å². The van der Waals surface area contributed by atoms with Gasteiger partial charge in [-0.2, -0.15) is 0 Å². The van der Waals surface area contributed by atoms with E-state index in [2.05, 4.69) is 10.2 Å². The number of amides is 2. The molecule has 10 nitrogen and oxygen atoms in total. The van der Waals surface area contributed by atoms with Gasteiger partial charge >= 0.3 is 11.9 Å². The summed E-state index contributed by atoms with van der Waals surface area (Å²) in [6, 6.07) is 15.6. The Bertz CT molecular complexity index is 1220. The normalized spacial score (nSPS) is 19.8. The molecule has 41 heavy (non-hydrogen) atoms. The lowest BCUT2D eigenvalue weighted by Gasteiger charge is -2.31. The quantitative estimate of drug-likeness (QED) is 0.392. The van der Waals surface area contributed by atoms with E-state index in [1.165, 1.54) is 0 Å². The number of esters is 2. The first-order chi connectivity index (χ1) is 19.7. The number of fused-ring (bicyclic) bond motifs is 1. The van der Waals surface area contributed by atoms with E-state index < -0.39 is 36.0 Å². The van der Waals surface area contributed by atoms with E-state index in [1.54, 1.807) is 18.7 Å². The van der Waals surface area contributed by atoms with Gasteiger partial charge < -0.3 is 24.6 Å². The summed E-state index contributed by atoms with van der Waals surface area (Å²) in [7, 11) is 3.92. The fourth-order valence-electron chi connectivity index (χ4n) is 5.70. The molecular formula is C31H40N4O6. The summed E-state index contributed by atoms with van der Waals surface area (Å²) in [6.45, 7) is 4.05. The highest BCUT2D eigenvalue weighted by atomic mass is 16.5. The Hall–Kier alpha value is -3.92. The first kappa shape index (κ1) is 30.0. The maximum absolute atomic E-state index is 13.6. The molecule has 2 heterocycles. The number of carbonyl (C=O) groups excluding carboxylic acids is 4. The molecule has 0 aromatic heterocycles. The van der Waals surface area contributed by atoms with Gasteiger partial charge in [-0.15, -0.1) is 0 Å². The van der Waals surface area contributed by atoms with Gasteiger partial charge in [0.25, 0.3) is 0 Å². The summed E-state index contributed by atoms with van der Waals surface area (Å²) >= 11 is 0. The second-order valence-electron chi connectivity index (χ2n) is 10.6. The Labute approximate surface area is 241 Å². The first-order valence-corrected chi connectivity index (χ1v) is 14.2. The lowest BCUT2D eigenvalue weighted by atomic mass is 9.91. The summed E-state index contributed by atoms with van der Waals surface area (Å²) in [4.78, 5) is 58.9. The van der Waals surface area contributed by atoms with Crippen molar-refractivity contribution in [3.05, 3.63) is 65.7 Å². The van der Waals surface area contributed by atoms with E-state index >= 15 is 0 Å². The number of nitrogens with zero attached hydrogens (tertiary/aromatic N) is 3. The SMILES string of the molecule is CCOC(=O)C(Cc1ccccc1)C(NC(=O)CN1C(=O)C2CCCN2C1c1ccc(N(C)C)cc1)C(=O)OCC. The molecule has 2 aromatic carbocycles. The van der Waals surface area contributed by atoms with Crippen molar-refractivity contribution < 1.29 is 28.7 Å². The van der Waals surface area contributed by atoms with Crippen molar-refractivity contribution in [3.8, 4) is 0 Å². The topological polar surface area (TPSA) is 108 Å². The van der Waals surface area contributed by atoms with Crippen molar-refractivity contribution in [1.29, 1.82) is 0 Å². The summed E-state index contributed by atoms with van der Waals surface area (Å²) in [5.74, 6) is -2.99. The van der Waals surface area contributed by atoms with Crippen molar-refractivity contribution in [2.75, 3.05) is 45.3 Å². The zero-order valence-electron chi connectivity index (χ0n) is 24.2. The van der Waals surface area contributed by atoms with Crippen LogP contribution in [0.3, 0.4) is 0 Å². The fraction of sp³-hybridized carbons (Fsp3) is 0.484. The Morgan fingerprint density at radius 1 is 0.976 bits per heavy atom. The van der Waals surface area contributed by atoms with Gasteiger partial charge in [0.05, 0.1) is 25.2 Å². The minimum atomic E-state index is -1.28. The molecule has 2 aromatic rings. The van der Waals surface area contributed by atoms with Gasteiger partial charge in [-0.05, 0) is 56.4 Å². The molecule has 0 spiro atoms. The number of carbonyl (C=O) groups is 4. The predicted molar refractivity (Wildman–Crippen MR) is 154 cm³/mol. The zero-order chi connectivity index (χ0) is 29.5. The molecule has 1 N–H and O–H groups in total. The van der Waals surface area contributed by atoms with Gasteiger partial charge in [0.15, 0.2) is 0 Å². The number of nitrogens with one attached hydrogen (secondary N) is 1. The van der Waals surface area contributed by atoms with Gasteiger partial charge in [-0.25, -0.2) is 4.79 Å². The van der Waals surface area contributed by atoms with E-state index in [1.807, 2.05) is 73.6 Å². The van der Waals surface area contributed by atoms with Crippen LogP contribution in [0.4, 0.5) is 5.69 Å². The van der Waals surface area contributed by atoms with Crippen molar-refractivity contribution in [3.63, 3.8) is 0 Å². The number of rotatable bonds is 12. The van der Waals surface area contributed by atoms with E-state index in [4.69, 9.17) is 9.47 Å². The molecule has 2 aliphatic heterocycles. The highest BCUT2D eigenvalue weighted by Crippen LogP contribution is 2.39. The van der Waals surface area contributed by atoms with Crippen LogP contribution in [-0.4, -0.2) is 86.0 Å². The van der Waals surface area contributed by atoms with Gasteiger partial charge in [-0.3, -0.25) is 19.3 Å². The molecular weight excluding hydrogens is 524 g/mol. The number of hydrogen-bond donors (Lipinski definition) is 1. The van der Waals surface area contributed by atoms with Gasteiger partial charge in [0.1, 0.15) is 18.8 Å². The first-order valence-electron chi connectivity index (χ1n) is 14.2. The maximum atomic E-state index is 13.6. The monoisotopic (exact) mass is 564 g/mol. The maximum Gasteiger partial charge on any atom is 0.329 e. The van der Waals surface area contributed by atoms with E-state index in [0.717, 1.165) is 36.2 Å². The second-order valence-corrected chi connectivity index (χ2v) is 10.6. The lowest BCUT2D eigenvalue weighted by Crippen LogP contribution is -2.53. The molecule has 0 bridgehead atoms. The number of anilines is 1. The van der Waals surface area contributed by atoms with Crippen LogP contribution in [0.15, 0.2) is 54.6 Å². The molecule has 4 unspecified atom stereocenters. The third-order valence-electron chi connectivity index (χ3n) is 7.64. The average Bonchev–Trinajstić information content (AvgIpc) is 3.53. The van der Waals surface area contributed by atoms with Crippen LogP contribution < -0.4 is 10.2 Å². The van der Waals surface area contributed by atoms with Crippen LogP contribution in [0.1, 0.15) is 44.0 Å². The minimum Gasteiger partial charge on any atom is -0.466 e. The largest absolute Gasteiger partial charge is 0.466 e. The Kier molecular flexibility index (Phi) is 9.99. The van der Waals surface area contributed by atoms with Crippen molar-refractivity contribution in [2.24, 2.45) is 5.92 Å². The second kappa shape index (κ2) is 13.6. The standard InChI is InChI=1S/C31H40N4O6/c1-5-40-30(38)24(19-21-11-8-7-9-12-21)27(31(39)41-6-2)32-26(36)20-35-28(34-18-10-13-25(34)29(35)37)22-14-16-23(17-15-22)33(3)4/h7-9,11-12,14-17,24-25,27-28H,5-6,10,13,18-20H2,1-4H3,(H,32,36). The van der Waals surface area contributed by atoms with Gasteiger partial charge in [-0.1, -0.05) is 42.5 Å². The molecule has 0 saturated carbocycles. The van der Waals surface area contributed by atoms with Crippen molar-refractivity contribution in [1.82, 2.24) is 15.1 Å². The van der Waals surface area contributed by atoms with Crippen molar-refractivity contribution >= 4 is 29.4 Å². The Balaban J connectivity index is 1.58. The van der Waals surface area contributed by atoms with Gasteiger partial charge in [0.2, 0.25) is 11.8 Å². The smallest absolute Gasteiger partial charge is 0.329 e. The van der Waals surface area contributed by atoms with Crippen LogP contribution in [0.25, 0.3) is 0 Å². The zero-order valence-corrected chi connectivity index (χ0v) is 24.2. The van der Waals surface area contributed by atoms with Crippen LogP contribution in [0, 0.1) is 5.92 Å². The number of benzene rings is 2. The third kappa shape index (κ3) is 6.87. The summed E-state index contributed by atoms with van der Waals surface area (Å²) < 4.78 is 10.6. The lowest BCUT2D eigenvalue weighted by molar-refractivity contribution is -0.158. The summed E-state index contributed by atoms with van der Waals surface area (Å²) in [5, 5.41) is 2.74. The molecule has 4 atom stereocenters. The fourth-order valence-corrected chi connectivity index (χ4v) is 5.70.